The molecular weight excluding hydrogens is 378 g/mol. The number of benzene rings is 2. The van der Waals surface area contributed by atoms with E-state index in [-0.39, 0.29) is 22.5 Å². The summed E-state index contributed by atoms with van der Waals surface area (Å²) in [5.41, 5.74) is -2.41. The highest BCUT2D eigenvalue weighted by molar-refractivity contribution is 5.82. The minimum absolute atomic E-state index is 0.0528. The maximum atomic E-state index is 14.1. The lowest BCUT2D eigenvalue weighted by Gasteiger charge is -2.20. The van der Waals surface area contributed by atoms with Gasteiger partial charge in [-0.15, -0.1) is 0 Å². The van der Waals surface area contributed by atoms with Crippen LogP contribution in [0.15, 0.2) is 47.3 Å². The van der Waals surface area contributed by atoms with Crippen LogP contribution in [0.2, 0.25) is 0 Å². The average Bonchev–Trinajstić information content (AvgIpc) is 2.61. The molecule has 0 amide bonds. The molecule has 0 aliphatic rings. The molecule has 4 nitrogen and oxygen atoms in total. The van der Waals surface area contributed by atoms with Gasteiger partial charge in [-0.2, -0.15) is 13.2 Å². The van der Waals surface area contributed by atoms with Crippen molar-refractivity contribution in [3.63, 3.8) is 0 Å². The van der Waals surface area contributed by atoms with Crippen LogP contribution < -0.4 is 10.3 Å². The van der Waals surface area contributed by atoms with Crippen LogP contribution >= 0.6 is 0 Å². The Kier molecular flexibility index (Phi) is 5.16. The summed E-state index contributed by atoms with van der Waals surface area (Å²) in [6, 6.07) is 9.12. The van der Waals surface area contributed by atoms with Gasteiger partial charge in [0.1, 0.15) is 11.6 Å². The number of halogens is 4. The summed E-state index contributed by atoms with van der Waals surface area (Å²) in [5, 5.41) is 10.5. The van der Waals surface area contributed by atoms with Gasteiger partial charge in [0.15, 0.2) is 0 Å². The van der Waals surface area contributed by atoms with Crippen LogP contribution in [0.3, 0.4) is 0 Å². The normalized spacial score (nSPS) is 12.0. The van der Waals surface area contributed by atoms with Crippen LogP contribution in [-0.2, 0) is 12.8 Å². The SMILES string of the molecule is CC(C)Oc1cc(F)c(C(F)(F)F)cc1-n1c(CO)cc2ccccc2c1=O. The number of pyridine rings is 1. The Morgan fingerprint density at radius 3 is 2.43 bits per heavy atom. The highest BCUT2D eigenvalue weighted by Crippen LogP contribution is 2.37. The van der Waals surface area contributed by atoms with Gasteiger partial charge in [-0.3, -0.25) is 9.36 Å². The number of rotatable bonds is 4. The summed E-state index contributed by atoms with van der Waals surface area (Å²) >= 11 is 0. The van der Waals surface area contributed by atoms with Crippen LogP contribution in [0.1, 0.15) is 25.1 Å². The van der Waals surface area contributed by atoms with Gasteiger partial charge in [0.25, 0.3) is 5.56 Å². The first-order valence-electron chi connectivity index (χ1n) is 8.45. The van der Waals surface area contributed by atoms with Gasteiger partial charge in [0.05, 0.1) is 29.7 Å². The molecule has 0 atom stereocenters. The molecule has 0 unspecified atom stereocenters. The molecule has 0 saturated heterocycles. The van der Waals surface area contributed by atoms with Crippen molar-refractivity contribution in [1.82, 2.24) is 4.57 Å². The fraction of sp³-hybridized carbons (Fsp3) is 0.250. The second-order valence-electron chi connectivity index (χ2n) is 6.49. The summed E-state index contributed by atoms with van der Waals surface area (Å²) in [6.07, 6.45) is -5.45. The molecule has 8 heteroatoms. The van der Waals surface area contributed by atoms with E-state index in [0.717, 1.165) is 4.57 Å². The lowest BCUT2D eigenvalue weighted by Crippen LogP contribution is -2.24. The number of hydrogen-bond donors (Lipinski definition) is 1. The lowest BCUT2D eigenvalue weighted by atomic mass is 10.1. The second-order valence-corrected chi connectivity index (χ2v) is 6.49. The van der Waals surface area contributed by atoms with Crippen LogP contribution in [0.25, 0.3) is 16.5 Å². The van der Waals surface area contributed by atoms with E-state index < -0.39 is 35.8 Å². The molecule has 0 aliphatic carbocycles. The number of fused-ring (bicyclic) bond motifs is 1. The maximum absolute atomic E-state index is 14.1. The topological polar surface area (TPSA) is 51.5 Å². The average molecular weight is 395 g/mol. The van der Waals surface area contributed by atoms with Crippen LogP contribution in [0.5, 0.6) is 5.75 Å². The van der Waals surface area contributed by atoms with E-state index in [0.29, 0.717) is 17.5 Å². The van der Waals surface area contributed by atoms with Gasteiger partial charge in [-0.05, 0) is 37.4 Å². The largest absolute Gasteiger partial charge is 0.489 e. The van der Waals surface area contributed by atoms with Gasteiger partial charge < -0.3 is 9.84 Å². The predicted molar refractivity (Wildman–Crippen MR) is 96.2 cm³/mol. The van der Waals surface area contributed by atoms with E-state index in [9.17, 15) is 27.5 Å². The molecule has 1 aromatic heterocycles. The third kappa shape index (κ3) is 3.60. The molecule has 1 heterocycles. The first-order valence-corrected chi connectivity index (χ1v) is 8.45. The minimum Gasteiger partial charge on any atom is -0.489 e. The van der Waals surface area contributed by atoms with Crippen molar-refractivity contribution in [2.45, 2.75) is 32.7 Å². The number of aromatic nitrogens is 1. The van der Waals surface area contributed by atoms with Crippen molar-refractivity contribution in [3.05, 3.63) is 69.9 Å². The van der Waals surface area contributed by atoms with E-state index in [1.165, 1.54) is 12.1 Å². The zero-order valence-electron chi connectivity index (χ0n) is 15.0. The van der Waals surface area contributed by atoms with Crippen molar-refractivity contribution < 1.29 is 27.4 Å². The smallest absolute Gasteiger partial charge is 0.419 e. The Balaban J connectivity index is 2.42. The predicted octanol–water partition coefficient (Wildman–Crippen LogP) is 4.43. The molecule has 0 aliphatic heterocycles. The molecule has 0 radical (unpaired) electrons. The summed E-state index contributed by atoms with van der Waals surface area (Å²) < 4.78 is 60.3. The standard InChI is InChI=1S/C20H17F4NO3/c1-11(2)28-18-9-16(21)15(20(22,23)24)8-17(18)25-13(10-26)7-12-5-3-4-6-14(12)19(25)27/h3-9,11,26H,10H2,1-2H3. The number of aliphatic hydroxyl groups is 1. The van der Waals surface area contributed by atoms with Gasteiger partial charge in [0, 0.05) is 11.5 Å². The highest BCUT2D eigenvalue weighted by atomic mass is 19.4. The molecule has 0 fully saturated rings. The Hall–Kier alpha value is -2.87. The summed E-state index contributed by atoms with van der Waals surface area (Å²) in [4.78, 5) is 13.0. The first kappa shape index (κ1) is 19.9. The number of aliphatic hydroxyl groups excluding tert-OH is 1. The molecule has 28 heavy (non-hydrogen) atoms. The molecule has 1 N–H and O–H groups in total. The minimum atomic E-state index is -4.96. The Bertz CT molecular complexity index is 1090. The fourth-order valence-corrected chi connectivity index (χ4v) is 2.98. The molecular formula is C20H17F4NO3. The Labute approximate surface area is 157 Å². The molecule has 0 spiro atoms. The van der Waals surface area contributed by atoms with Gasteiger partial charge in [-0.25, -0.2) is 4.39 Å². The molecule has 3 aromatic rings. The first-order chi connectivity index (χ1) is 13.1. The third-order valence-electron chi connectivity index (χ3n) is 4.12. The van der Waals surface area contributed by atoms with Gasteiger partial charge >= 0.3 is 6.18 Å². The quantitative estimate of drug-likeness (QED) is 0.665. The van der Waals surface area contributed by atoms with Crippen molar-refractivity contribution in [2.24, 2.45) is 0 Å². The van der Waals surface area contributed by atoms with Crippen molar-refractivity contribution in [3.8, 4) is 11.4 Å². The van der Waals surface area contributed by atoms with Crippen LogP contribution in [0, 0.1) is 5.82 Å². The molecule has 0 saturated carbocycles. The van der Waals surface area contributed by atoms with Crippen LogP contribution in [-0.4, -0.2) is 15.8 Å². The number of hydrogen-bond acceptors (Lipinski definition) is 3. The molecule has 2 aromatic carbocycles. The van der Waals surface area contributed by atoms with Gasteiger partial charge in [-0.1, -0.05) is 18.2 Å². The van der Waals surface area contributed by atoms with Crippen molar-refractivity contribution in [2.75, 3.05) is 0 Å². The van der Waals surface area contributed by atoms with E-state index in [1.54, 1.807) is 32.0 Å². The summed E-state index contributed by atoms with van der Waals surface area (Å²) in [7, 11) is 0. The van der Waals surface area contributed by atoms with Crippen LogP contribution in [0.4, 0.5) is 17.6 Å². The zero-order chi connectivity index (χ0) is 20.6. The van der Waals surface area contributed by atoms with Crippen molar-refractivity contribution >= 4 is 10.8 Å². The van der Waals surface area contributed by atoms with E-state index in [2.05, 4.69) is 0 Å². The number of ether oxygens (including phenoxy) is 1. The summed E-state index contributed by atoms with van der Waals surface area (Å²) in [5.74, 6) is -1.74. The molecule has 3 rings (SSSR count). The lowest BCUT2D eigenvalue weighted by molar-refractivity contribution is -0.140. The monoisotopic (exact) mass is 395 g/mol. The summed E-state index contributed by atoms with van der Waals surface area (Å²) in [6.45, 7) is 2.63. The van der Waals surface area contributed by atoms with E-state index >= 15 is 0 Å². The maximum Gasteiger partial charge on any atom is 0.419 e. The zero-order valence-corrected chi connectivity index (χ0v) is 15.0. The fourth-order valence-electron chi connectivity index (χ4n) is 2.98. The third-order valence-corrected chi connectivity index (χ3v) is 4.12. The highest BCUT2D eigenvalue weighted by Gasteiger charge is 2.36. The number of nitrogens with zero attached hydrogens (tertiary/aromatic N) is 1. The molecule has 0 bridgehead atoms. The molecule has 148 valence electrons. The Morgan fingerprint density at radius 1 is 1.14 bits per heavy atom. The Morgan fingerprint density at radius 2 is 1.82 bits per heavy atom. The van der Waals surface area contributed by atoms with Crippen molar-refractivity contribution in [1.29, 1.82) is 0 Å². The van der Waals surface area contributed by atoms with Gasteiger partial charge in [0.2, 0.25) is 0 Å². The van der Waals surface area contributed by atoms with E-state index in [1.807, 2.05) is 0 Å². The van der Waals surface area contributed by atoms with E-state index in [4.69, 9.17) is 4.74 Å². The second kappa shape index (κ2) is 7.27. The number of alkyl halides is 3.